The summed E-state index contributed by atoms with van der Waals surface area (Å²) in [6.45, 7) is 7.77. The van der Waals surface area contributed by atoms with Gasteiger partial charge in [0, 0.05) is 22.4 Å². The zero-order valence-electron chi connectivity index (χ0n) is 15.2. The minimum Gasteiger partial charge on any atom is -0.507 e. The summed E-state index contributed by atoms with van der Waals surface area (Å²) in [7, 11) is 0. The van der Waals surface area contributed by atoms with Crippen molar-refractivity contribution in [3.8, 4) is 11.4 Å². The van der Waals surface area contributed by atoms with Crippen LogP contribution < -0.4 is 21.4 Å². The maximum absolute atomic E-state index is 12.9. The Morgan fingerprint density at radius 1 is 1.25 bits per heavy atom. The zero-order valence-corrected chi connectivity index (χ0v) is 16.8. The second kappa shape index (κ2) is 7.40. The average molecular weight is 444 g/mol. The van der Waals surface area contributed by atoms with Crippen LogP contribution in [-0.4, -0.2) is 26.0 Å². The van der Waals surface area contributed by atoms with E-state index in [1.807, 2.05) is 26.0 Å². The molecule has 1 aromatic heterocycles. The fourth-order valence-electron chi connectivity index (χ4n) is 2.79. The molecule has 0 bridgehead atoms. The Kier molecular flexibility index (Phi) is 5.15. The molecule has 3 aromatic rings. The van der Waals surface area contributed by atoms with E-state index in [0.717, 1.165) is 21.3 Å². The minimum atomic E-state index is -1.22. The van der Waals surface area contributed by atoms with Gasteiger partial charge in [0.25, 0.3) is 5.56 Å². The Balaban J connectivity index is 2.03. The van der Waals surface area contributed by atoms with E-state index < -0.39 is 5.97 Å². The van der Waals surface area contributed by atoms with E-state index in [1.54, 1.807) is 0 Å². The lowest BCUT2D eigenvalue weighted by Gasteiger charge is -2.10. The molecule has 7 nitrogen and oxygen atoms in total. The van der Waals surface area contributed by atoms with E-state index in [0.29, 0.717) is 16.3 Å². The van der Waals surface area contributed by atoms with Gasteiger partial charge in [-0.25, -0.2) is 9.48 Å². The lowest BCUT2D eigenvalue weighted by molar-refractivity contribution is 0.0694. The van der Waals surface area contributed by atoms with Crippen LogP contribution in [0.2, 0.25) is 0 Å². The van der Waals surface area contributed by atoms with Crippen molar-refractivity contribution in [2.24, 2.45) is 0 Å². The molecule has 144 valence electrons. The molecule has 0 aliphatic rings. The standard InChI is InChI=1S/C20H18BrN3O4/c1-10-11(2)17(7-6-16(10)21)24-19(26)15(12(3)23-24)9-22-13-4-5-14(20(27)28)18(25)8-13/h4-9,22-23,25H,3H2,1-2H3,(H,27,28). The van der Waals surface area contributed by atoms with E-state index in [4.69, 9.17) is 5.11 Å². The van der Waals surface area contributed by atoms with E-state index in [-0.39, 0.29) is 16.9 Å². The molecule has 3 rings (SSSR count). The first kappa shape index (κ1) is 19.5. The number of aromatic hydroxyl groups is 1. The van der Waals surface area contributed by atoms with Gasteiger partial charge in [-0.2, -0.15) is 0 Å². The van der Waals surface area contributed by atoms with Gasteiger partial charge in [0.15, 0.2) is 0 Å². The van der Waals surface area contributed by atoms with Gasteiger partial charge >= 0.3 is 5.97 Å². The summed E-state index contributed by atoms with van der Waals surface area (Å²) in [4.78, 5) is 23.8. The van der Waals surface area contributed by atoms with E-state index in [9.17, 15) is 14.7 Å². The number of aromatic amines is 1. The molecule has 28 heavy (non-hydrogen) atoms. The van der Waals surface area contributed by atoms with Crippen LogP contribution in [0, 0.1) is 13.8 Å². The van der Waals surface area contributed by atoms with Crippen LogP contribution in [0.5, 0.6) is 5.75 Å². The maximum atomic E-state index is 12.9. The van der Waals surface area contributed by atoms with Crippen molar-refractivity contribution in [1.82, 2.24) is 9.78 Å². The molecule has 0 atom stereocenters. The number of carboxylic acids is 1. The van der Waals surface area contributed by atoms with Crippen molar-refractivity contribution in [2.45, 2.75) is 13.8 Å². The van der Waals surface area contributed by atoms with Crippen LogP contribution in [-0.2, 0) is 0 Å². The number of anilines is 1. The molecule has 0 radical (unpaired) electrons. The lowest BCUT2D eigenvalue weighted by Crippen LogP contribution is -2.35. The summed E-state index contributed by atoms with van der Waals surface area (Å²) >= 11 is 3.48. The molecule has 0 spiro atoms. The van der Waals surface area contributed by atoms with Crippen molar-refractivity contribution in [2.75, 3.05) is 5.32 Å². The van der Waals surface area contributed by atoms with Crippen LogP contribution in [0.15, 0.2) is 39.6 Å². The summed E-state index contributed by atoms with van der Waals surface area (Å²) in [5.41, 5.74) is 2.65. The number of hydrogen-bond donors (Lipinski definition) is 4. The summed E-state index contributed by atoms with van der Waals surface area (Å²) in [5.74, 6) is -1.59. The first-order valence-electron chi connectivity index (χ1n) is 8.29. The van der Waals surface area contributed by atoms with Crippen LogP contribution in [0.1, 0.15) is 21.5 Å². The van der Waals surface area contributed by atoms with Gasteiger partial charge in [-0.3, -0.25) is 9.89 Å². The summed E-state index contributed by atoms with van der Waals surface area (Å²) in [5, 5.41) is 25.3. The monoisotopic (exact) mass is 443 g/mol. The molecule has 0 unspecified atom stereocenters. The molecule has 0 saturated carbocycles. The number of halogens is 1. The third kappa shape index (κ3) is 3.46. The Hall–Kier alpha value is -3.26. The second-order valence-corrected chi connectivity index (χ2v) is 7.14. The quantitative estimate of drug-likeness (QED) is 0.494. The predicted octanol–water partition coefficient (Wildman–Crippen LogP) is 2.21. The topological polar surface area (TPSA) is 107 Å². The van der Waals surface area contributed by atoms with Crippen molar-refractivity contribution in [1.29, 1.82) is 0 Å². The number of aromatic carboxylic acids is 1. The Labute approximate surface area is 168 Å². The molecule has 0 aliphatic heterocycles. The molecule has 2 aromatic carbocycles. The number of rotatable bonds is 4. The number of H-pyrrole nitrogens is 1. The highest BCUT2D eigenvalue weighted by atomic mass is 79.9. The summed E-state index contributed by atoms with van der Waals surface area (Å²) < 4.78 is 2.39. The number of benzene rings is 2. The summed E-state index contributed by atoms with van der Waals surface area (Å²) in [6, 6.07) is 7.76. The van der Waals surface area contributed by atoms with Gasteiger partial charge in [0.1, 0.15) is 11.3 Å². The average Bonchev–Trinajstić information content (AvgIpc) is 2.92. The number of phenols is 1. The molecule has 8 heteroatoms. The SMILES string of the molecule is C=c1[nH]n(-c2ccc(Br)c(C)c2C)c(=O)c1=CNc1ccc(C(=O)O)c(O)c1. The maximum Gasteiger partial charge on any atom is 0.339 e. The van der Waals surface area contributed by atoms with Crippen molar-refractivity contribution >= 4 is 40.4 Å². The van der Waals surface area contributed by atoms with Crippen molar-refractivity contribution in [3.63, 3.8) is 0 Å². The van der Waals surface area contributed by atoms with E-state index in [2.05, 4.69) is 32.9 Å². The highest BCUT2D eigenvalue weighted by molar-refractivity contribution is 9.10. The van der Waals surface area contributed by atoms with E-state index >= 15 is 0 Å². The normalized spacial score (nSPS) is 11.6. The van der Waals surface area contributed by atoms with Crippen LogP contribution in [0.25, 0.3) is 18.5 Å². The van der Waals surface area contributed by atoms with Crippen molar-refractivity contribution in [3.05, 3.63) is 72.4 Å². The summed E-state index contributed by atoms with van der Waals surface area (Å²) in [6.07, 6.45) is 1.47. The molecular formula is C20H18BrN3O4. The molecule has 0 saturated heterocycles. The number of aromatic nitrogens is 2. The number of nitrogens with one attached hydrogen (secondary N) is 2. The molecular weight excluding hydrogens is 426 g/mol. The Morgan fingerprint density at radius 3 is 2.61 bits per heavy atom. The fourth-order valence-corrected chi connectivity index (χ4v) is 3.22. The molecule has 0 fully saturated rings. The molecule has 0 amide bonds. The van der Waals surface area contributed by atoms with Gasteiger partial charge in [-0.05, 0) is 49.2 Å². The van der Waals surface area contributed by atoms with Crippen LogP contribution in [0.4, 0.5) is 5.69 Å². The van der Waals surface area contributed by atoms with E-state index in [1.165, 1.54) is 29.1 Å². The van der Waals surface area contributed by atoms with Gasteiger partial charge < -0.3 is 15.5 Å². The first-order chi connectivity index (χ1) is 13.2. The number of carbonyl (C=O) groups is 1. The third-order valence-electron chi connectivity index (χ3n) is 4.55. The Bertz CT molecular complexity index is 1260. The first-order valence-corrected chi connectivity index (χ1v) is 9.09. The van der Waals surface area contributed by atoms with Gasteiger partial charge in [0.05, 0.1) is 16.3 Å². The van der Waals surface area contributed by atoms with Crippen LogP contribution in [0.3, 0.4) is 0 Å². The third-order valence-corrected chi connectivity index (χ3v) is 5.41. The molecule has 1 heterocycles. The number of nitrogens with zero attached hydrogens (tertiary/aromatic N) is 1. The molecule has 4 N–H and O–H groups in total. The highest BCUT2D eigenvalue weighted by Gasteiger charge is 2.11. The number of hydrogen-bond acceptors (Lipinski definition) is 4. The van der Waals surface area contributed by atoms with Gasteiger partial charge in [-0.15, -0.1) is 0 Å². The number of carboxylic acid groups (broad SMARTS) is 1. The van der Waals surface area contributed by atoms with Crippen LogP contribution >= 0.6 is 15.9 Å². The Morgan fingerprint density at radius 2 is 1.96 bits per heavy atom. The highest BCUT2D eigenvalue weighted by Crippen LogP contribution is 2.24. The van der Waals surface area contributed by atoms with Gasteiger partial charge in [-0.1, -0.05) is 22.5 Å². The lowest BCUT2D eigenvalue weighted by atomic mass is 10.1. The van der Waals surface area contributed by atoms with Crippen molar-refractivity contribution < 1.29 is 15.0 Å². The molecule has 0 aliphatic carbocycles. The second-order valence-electron chi connectivity index (χ2n) is 6.29. The predicted molar refractivity (Wildman–Crippen MR) is 111 cm³/mol. The smallest absolute Gasteiger partial charge is 0.339 e. The van der Waals surface area contributed by atoms with Gasteiger partial charge in [0.2, 0.25) is 0 Å². The zero-order chi connectivity index (χ0) is 20.6. The largest absolute Gasteiger partial charge is 0.507 e. The minimum absolute atomic E-state index is 0.200. The fraction of sp³-hybridized carbons (Fsp3) is 0.100.